The molecule has 0 aromatic heterocycles. The van der Waals surface area contributed by atoms with Gasteiger partial charge in [-0.3, -0.25) is 4.57 Å². The Morgan fingerprint density at radius 2 is 0.828 bits per heavy atom. The number of para-hydroxylation sites is 6. The molecule has 0 heterocycles. The third kappa shape index (κ3) is 4.95. The zero-order valence-corrected chi connectivity index (χ0v) is 17.4. The average molecular weight is 413 g/mol. The fraction of sp³-hybridized carbons (Fsp3) is 0.143. The lowest BCUT2D eigenvalue weighted by Gasteiger charge is -2.26. The predicted molar refractivity (Wildman–Crippen MR) is 117 cm³/mol. The molecule has 29 heavy (non-hydrogen) atoms. The third-order valence-corrected chi connectivity index (χ3v) is 5.82. The third-order valence-electron chi connectivity index (χ3n) is 4.15. The molecule has 3 N–H and O–H groups in total. The highest BCUT2D eigenvalue weighted by molar-refractivity contribution is 7.68. The molecule has 0 atom stereocenters. The van der Waals surface area contributed by atoms with Gasteiger partial charge in [0.1, 0.15) is 17.2 Å². The second-order valence-corrected chi connectivity index (χ2v) is 7.93. The van der Waals surface area contributed by atoms with Crippen LogP contribution in [0.25, 0.3) is 0 Å². The van der Waals surface area contributed by atoms with E-state index >= 15 is 0 Å². The van der Waals surface area contributed by atoms with E-state index in [9.17, 15) is 4.57 Å². The summed E-state index contributed by atoms with van der Waals surface area (Å²) in [6.07, 6.45) is 0. The van der Waals surface area contributed by atoms with Crippen molar-refractivity contribution >= 4 is 24.7 Å². The number of ether oxygens (including phenoxy) is 3. The van der Waals surface area contributed by atoms with Gasteiger partial charge in [0.25, 0.3) is 0 Å². The monoisotopic (exact) mass is 413 g/mol. The second kappa shape index (κ2) is 9.26. The summed E-state index contributed by atoms with van der Waals surface area (Å²) in [4.78, 5) is 0. The van der Waals surface area contributed by atoms with E-state index < -0.39 is 7.59 Å². The van der Waals surface area contributed by atoms with Crippen molar-refractivity contribution in [2.24, 2.45) is 0 Å². The first-order chi connectivity index (χ1) is 14.1. The van der Waals surface area contributed by atoms with Crippen molar-refractivity contribution in [3.05, 3.63) is 72.8 Å². The van der Waals surface area contributed by atoms with Gasteiger partial charge in [-0.25, -0.2) is 0 Å². The van der Waals surface area contributed by atoms with Crippen molar-refractivity contribution in [3.63, 3.8) is 0 Å². The van der Waals surface area contributed by atoms with Crippen molar-refractivity contribution in [1.29, 1.82) is 0 Å². The molecule has 0 aliphatic carbocycles. The van der Waals surface area contributed by atoms with Crippen LogP contribution in [0, 0.1) is 0 Å². The van der Waals surface area contributed by atoms with Crippen LogP contribution in [0.1, 0.15) is 0 Å². The van der Waals surface area contributed by atoms with Gasteiger partial charge in [-0.1, -0.05) is 36.4 Å². The lowest BCUT2D eigenvalue weighted by molar-refractivity contribution is 0.416. The molecule has 3 aromatic carbocycles. The number of anilines is 3. The Bertz CT molecular complexity index is 885. The standard InChI is InChI=1S/C21H24N3O4P/c1-26-19-13-7-4-10-16(19)22-29(25,23-17-11-5-8-14-20(17)27-2)24-18-12-6-9-15-21(18)28-3/h4-15H,1-3H3,(H3,22,23,24,25). The Labute approximate surface area is 170 Å². The molecule has 0 saturated heterocycles. The van der Waals surface area contributed by atoms with E-state index in [1.165, 1.54) is 0 Å². The first-order valence-corrected chi connectivity index (χ1v) is 10.6. The quantitative estimate of drug-likeness (QED) is 0.402. The minimum atomic E-state index is -3.50. The van der Waals surface area contributed by atoms with Gasteiger partial charge in [0.2, 0.25) is 0 Å². The van der Waals surface area contributed by atoms with Gasteiger partial charge in [-0.05, 0) is 36.4 Å². The van der Waals surface area contributed by atoms with E-state index in [-0.39, 0.29) is 0 Å². The summed E-state index contributed by atoms with van der Waals surface area (Å²) >= 11 is 0. The molecule has 0 aliphatic heterocycles. The number of rotatable bonds is 9. The van der Waals surface area contributed by atoms with Crippen LogP contribution in [0.4, 0.5) is 17.1 Å². The van der Waals surface area contributed by atoms with Crippen LogP contribution in [-0.4, -0.2) is 21.3 Å². The van der Waals surface area contributed by atoms with Crippen LogP contribution in [-0.2, 0) is 4.57 Å². The summed E-state index contributed by atoms with van der Waals surface area (Å²) in [5.74, 6) is 1.70. The Kier molecular flexibility index (Phi) is 6.52. The molecule has 3 rings (SSSR count). The maximum absolute atomic E-state index is 14.0. The molecule has 0 aliphatic rings. The maximum atomic E-state index is 14.0. The molecule has 7 nitrogen and oxygen atoms in total. The van der Waals surface area contributed by atoms with Crippen LogP contribution in [0.15, 0.2) is 72.8 Å². The van der Waals surface area contributed by atoms with Crippen molar-refractivity contribution < 1.29 is 18.8 Å². The van der Waals surface area contributed by atoms with E-state index in [1.54, 1.807) is 57.7 Å². The van der Waals surface area contributed by atoms with E-state index in [2.05, 4.69) is 15.3 Å². The highest BCUT2D eigenvalue weighted by Gasteiger charge is 2.26. The normalized spacial score (nSPS) is 10.7. The smallest absolute Gasteiger partial charge is 0.353 e. The number of methoxy groups -OCH3 is 3. The predicted octanol–water partition coefficient (Wildman–Crippen LogP) is 5.46. The molecule has 0 amide bonds. The summed E-state index contributed by atoms with van der Waals surface area (Å²) in [6.45, 7) is 0. The summed E-state index contributed by atoms with van der Waals surface area (Å²) < 4.78 is 30.2. The van der Waals surface area contributed by atoms with Crippen LogP contribution in [0.2, 0.25) is 0 Å². The van der Waals surface area contributed by atoms with Gasteiger partial charge in [0.15, 0.2) is 0 Å². The Morgan fingerprint density at radius 1 is 0.552 bits per heavy atom. The number of nitrogens with one attached hydrogen (secondary N) is 3. The van der Waals surface area contributed by atoms with Crippen LogP contribution < -0.4 is 29.5 Å². The molecular weight excluding hydrogens is 389 g/mol. The molecule has 0 radical (unpaired) electrons. The van der Waals surface area contributed by atoms with Crippen molar-refractivity contribution in [2.45, 2.75) is 0 Å². The lowest BCUT2D eigenvalue weighted by Crippen LogP contribution is -2.15. The van der Waals surface area contributed by atoms with Crippen molar-refractivity contribution in [2.75, 3.05) is 36.6 Å². The molecule has 0 saturated carbocycles. The molecule has 0 spiro atoms. The Balaban J connectivity index is 2.01. The SMILES string of the molecule is COc1ccccc1NP(=O)(Nc1ccccc1OC)Nc1ccccc1OC. The van der Waals surface area contributed by atoms with E-state index in [1.807, 2.05) is 36.4 Å². The van der Waals surface area contributed by atoms with Crippen molar-refractivity contribution in [1.82, 2.24) is 0 Å². The number of benzene rings is 3. The van der Waals surface area contributed by atoms with Crippen LogP contribution >= 0.6 is 7.59 Å². The van der Waals surface area contributed by atoms with E-state index in [4.69, 9.17) is 14.2 Å². The highest BCUT2D eigenvalue weighted by atomic mass is 31.2. The summed E-state index contributed by atoms with van der Waals surface area (Å²) in [5, 5.41) is 9.22. The van der Waals surface area contributed by atoms with Gasteiger partial charge < -0.3 is 29.5 Å². The molecule has 0 bridgehead atoms. The van der Waals surface area contributed by atoms with Gasteiger partial charge in [-0.2, -0.15) is 0 Å². The van der Waals surface area contributed by atoms with Gasteiger partial charge in [0, 0.05) is 0 Å². The zero-order chi connectivity index (χ0) is 20.7. The summed E-state index contributed by atoms with van der Waals surface area (Å²) in [7, 11) is 1.19. The first kappa shape index (κ1) is 20.4. The molecule has 0 unspecified atom stereocenters. The van der Waals surface area contributed by atoms with Crippen LogP contribution in [0.5, 0.6) is 17.2 Å². The topological polar surface area (TPSA) is 80.9 Å². The number of hydrogen-bond donors (Lipinski definition) is 3. The number of hydrogen-bond acceptors (Lipinski definition) is 4. The van der Waals surface area contributed by atoms with E-state index in [0.717, 1.165) is 0 Å². The van der Waals surface area contributed by atoms with Gasteiger partial charge in [-0.15, -0.1) is 0 Å². The average Bonchev–Trinajstić information content (AvgIpc) is 2.74. The lowest BCUT2D eigenvalue weighted by atomic mass is 10.3. The molecular formula is C21H24N3O4P. The van der Waals surface area contributed by atoms with Gasteiger partial charge in [0.05, 0.1) is 38.4 Å². The van der Waals surface area contributed by atoms with E-state index in [0.29, 0.717) is 34.3 Å². The molecule has 8 heteroatoms. The molecule has 0 fully saturated rings. The second-order valence-electron chi connectivity index (χ2n) is 6.05. The fourth-order valence-electron chi connectivity index (χ4n) is 2.80. The zero-order valence-electron chi connectivity index (χ0n) is 16.5. The largest absolute Gasteiger partial charge is 0.495 e. The minimum Gasteiger partial charge on any atom is -0.495 e. The molecule has 3 aromatic rings. The Morgan fingerprint density at radius 3 is 1.10 bits per heavy atom. The highest BCUT2D eigenvalue weighted by Crippen LogP contribution is 2.50. The fourth-order valence-corrected chi connectivity index (χ4v) is 4.54. The summed E-state index contributed by atoms with van der Waals surface area (Å²) in [5.41, 5.74) is 1.72. The van der Waals surface area contributed by atoms with Gasteiger partial charge >= 0.3 is 7.59 Å². The first-order valence-electron chi connectivity index (χ1n) is 8.92. The Hall–Kier alpha value is -3.31. The van der Waals surface area contributed by atoms with Crippen LogP contribution in [0.3, 0.4) is 0 Å². The summed E-state index contributed by atoms with van der Waals surface area (Å²) in [6, 6.07) is 21.8. The van der Waals surface area contributed by atoms with Crippen molar-refractivity contribution in [3.8, 4) is 17.2 Å². The maximum Gasteiger partial charge on any atom is 0.353 e. The molecule has 152 valence electrons. The minimum absolute atomic E-state index is 0.566.